The van der Waals surface area contributed by atoms with Crippen LogP contribution in [-0.4, -0.2) is 52.9 Å². The van der Waals surface area contributed by atoms with Crippen molar-refractivity contribution < 1.29 is 13.2 Å². The van der Waals surface area contributed by atoms with Crippen LogP contribution in [0.3, 0.4) is 0 Å². The standard InChI is InChI=1S/C24H23N5O3S/c30-24(18-8-9-22-21(15-18)23(28-27-22)17-10-12-25-13-11-17)26-19-5-4-14-29(16-19)33(31,32)20-6-2-1-3-7-20/h1-3,6-13,15,19H,4-5,14,16H2,(H,26,30)(H,27,28)/t19-/m1/s1. The minimum absolute atomic E-state index is 0.234. The maximum Gasteiger partial charge on any atom is 0.251 e. The van der Waals surface area contributed by atoms with Gasteiger partial charge in [-0.1, -0.05) is 18.2 Å². The van der Waals surface area contributed by atoms with Crippen molar-refractivity contribution in [1.82, 2.24) is 24.8 Å². The van der Waals surface area contributed by atoms with Gasteiger partial charge < -0.3 is 5.32 Å². The van der Waals surface area contributed by atoms with E-state index in [2.05, 4.69) is 20.5 Å². The number of benzene rings is 2. The van der Waals surface area contributed by atoms with Crippen molar-refractivity contribution in [3.05, 3.63) is 78.6 Å². The zero-order valence-corrected chi connectivity index (χ0v) is 18.6. The molecule has 3 heterocycles. The Kier molecular flexibility index (Phi) is 5.65. The number of nitrogens with zero attached hydrogens (tertiary/aromatic N) is 3. The number of carbonyl (C=O) groups is 1. The molecule has 1 saturated heterocycles. The lowest BCUT2D eigenvalue weighted by atomic mass is 10.0. The van der Waals surface area contributed by atoms with E-state index in [9.17, 15) is 13.2 Å². The highest BCUT2D eigenvalue weighted by Crippen LogP contribution is 2.27. The van der Waals surface area contributed by atoms with Crippen molar-refractivity contribution in [2.75, 3.05) is 13.1 Å². The molecule has 1 atom stereocenters. The first kappa shape index (κ1) is 21.3. The van der Waals surface area contributed by atoms with E-state index < -0.39 is 10.0 Å². The number of fused-ring (bicyclic) bond motifs is 1. The van der Waals surface area contributed by atoms with Crippen molar-refractivity contribution >= 4 is 26.8 Å². The maximum absolute atomic E-state index is 13.0. The quantitative estimate of drug-likeness (QED) is 0.475. The van der Waals surface area contributed by atoms with E-state index in [1.165, 1.54) is 4.31 Å². The third kappa shape index (κ3) is 4.24. The minimum atomic E-state index is -3.59. The summed E-state index contributed by atoms with van der Waals surface area (Å²) in [5.74, 6) is -0.234. The van der Waals surface area contributed by atoms with Gasteiger partial charge >= 0.3 is 0 Å². The maximum atomic E-state index is 13.0. The second-order valence-corrected chi connectivity index (χ2v) is 10.00. The molecule has 0 spiro atoms. The monoisotopic (exact) mass is 461 g/mol. The predicted octanol–water partition coefficient (Wildman–Crippen LogP) is 3.21. The van der Waals surface area contributed by atoms with Gasteiger partial charge in [-0.15, -0.1) is 0 Å². The largest absolute Gasteiger partial charge is 0.348 e. The second kappa shape index (κ2) is 8.76. The van der Waals surface area contributed by atoms with Crippen molar-refractivity contribution in [3.63, 3.8) is 0 Å². The zero-order chi connectivity index (χ0) is 22.8. The van der Waals surface area contributed by atoms with Gasteiger partial charge in [0, 0.05) is 48.0 Å². The number of H-pyrrole nitrogens is 1. The highest BCUT2D eigenvalue weighted by molar-refractivity contribution is 7.89. The summed E-state index contributed by atoms with van der Waals surface area (Å²) in [5.41, 5.74) is 2.99. The van der Waals surface area contributed by atoms with E-state index in [0.29, 0.717) is 18.5 Å². The summed E-state index contributed by atoms with van der Waals surface area (Å²) < 4.78 is 27.4. The van der Waals surface area contributed by atoms with E-state index in [1.807, 2.05) is 24.3 Å². The summed E-state index contributed by atoms with van der Waals surface area (Å²) in [6, 6.07) is 17.3. The molecule has 33 heavy (non-hydrogen) atoms. The number of rotatable bonds is 5. The van der Waals surface area contributed by atoms with Crippen LogP contribution >= 0.6 is 0 Å². The Morgan fingerprint density at radius 3 is 2.64 bits per heavy atom. The van der Waals surface area contributed by atoms with Gasteiger partial charge in [-0.2, -0.15) is 9.40 Å². The van der Waals surface area contributed by atoms with E-state index >= 15 is 0 Å². The highest BCUT2D eigenvalue weighted by Gasteiger charge is 2.31. The molecule has 0 unspecified atom stereocenters. The number of pyridine rings is 1. The number of aromatic amines is 1. The van der Waals surface area contributed by atoms with Gasteiger partial charge in [-0.05, 0) is 55.3 Å². The third-order valence-electron chi connectivity index (χ3n) is 5.88. The summed E-state index contributed by atoms with van der Waals surface area (Å²) in [6.45, 7) is 0.694. The molecule has 9 heteroatoms. The SMILES string of the molecule is O=C(N[C@@H]1CCCN(S(=O)(=O)c2ccccc2)C1)c1ccc2[nH]nc(-c3ccncc3)c2c1. The van der Waals surface area contributed by atoms with Gasteiger partial charge in [0.1, 0.15) is 5.69 Å². The molecule has 1 fully saturated rings. The number of amides is 1. The van der Waals surface area contributed by atoms with Gasteiger partial charge in [0.2, 0.25) is 10.0 Å². The van der Waals surface area contributed by atoms with Crippen LogP contribution in [0.2, 0.25) is 0 Å². The molecular weight excluding hydrogens is 438 g/mol. The average molecular weight is 462 g/mol. The van der Waals surface area contributed by atoms with Crippen LogP contribution in [0.15, 0.2) is 78.0 Å². The summed E-state index contributed by atoms with van der Waals surface area (Å²) in [6.07, 6.45) is 4.81. The first-order valence-electron chi connectivity index (χ1n) is 10.8. The molecule has 5 rings (SSSR count). The lowest BCUT2D eigenvalue weighted by Gasteiger charge is -2.32. The Bertz CT molecular complexity index is 1390. The minimum Gasteiger partial charge on any atom is -0.348 e. The van der Waals surface area contributed by atoms with Crippen LogP contribution in [0.4, 0.5) is 0 Å². The molecule has 0 saturated carbocycles. The van der Waals surface area contributed by atoms with E-state index in [-0.39, 0.29) is 23.4 Å². The number of nitrogens with one attached hydrogen (secondary N) is 2. The number of carbonyl (C=O) groups excluding carboxylic acids is 1. The first-order chi connectivity index (χ1) is 16.0. The molecule has 2 aromatic carbocycles. The molecule has 4 aromatic rings. The molecule has 1 amide bonds. The fourth-order valence-electron chi connectivity index (χ4n) is 4.17. The Balaban J connectivity index is 1.34. The fourth-order valence-corrected chi connectivity index (χ4v) is 5.72. The van der Waals surface area contributed by atoms with Crippen LogP contribution < -0.4 is 5.32 Å². The van der Waals surface area contributed by atoms with Gasteiger partial charge in [-0.25, -0.2) is 8.42 Å². The predicted molar refractivity (Wildman–Crippen MR) is 125 cm³/mol. The molecule has 2 aromatic heterocycles. The van der Waals surface area contributed by atoms with Gasteiger partial charge in [0.25, 0.3) is 5.91 Å². The second-order valence-electron chi connectivity index (χ2n) is 8.06. The van der Waals surface area contributed by atoms with Crippen molar-refractivity contribution in [2.45, 2.75) is 23.8 Å². The van der Waals surface area contributed by atoms with Gasteiger partial charge in [0.15, 0.2) is 0 Å². The molecule has 8 nitrogen and oxygen atoms in total. The normalized spacial score (nSPS) is 17.2. The van der Waals surface area contributed by atoms with E-state index in [0.717, 1.165) is 28.6 Å². The van der Waals surface area contributed by atoms with Crippen LogP contribution in [0.5, 0.6) is 0 Å². The summed E-state index contributed by atoms with van der Waals surface area (Å²) in [5, 5.41) is 11.2. The number of hydrogen-bond donors (Lipinski definition) is 2. The van der Waals surface area contributed by atoms with Crippen LogP contribution in [-0.2, 0) is 10.0 Å². The lowest BCUT2D eigenvalue weighted by Crippen LogP contribution is -2.49. The average Bonchev–Trinajstić information content (AvgIpc) is 3.28. The van der Waals surface area contributed by atoms with E-state index in [4.69, 9.17) is 0 Å². The first-order valence-corrected chi connectivity index (χ1v) is 12.2. The molecule has 0 radical (unpaired) electrons. The van der Waals surface area contributed by atoms with Crippen LogP contribution in [0.1, 0.15) is 23.2 Å². The smallest absolute Gasteiger partial charge is 0.251 e. The van der Waals surface area contributed by atoms with Crippen LogP contribution in [0, 0.1) is 0 Å². The Morgan fingerprint density at radius 1 is 1.06 bits per heavy atom. The Morgan fingerprint density at radius 2 is 1.85 bits per heavy atom. The molecule has 168 valence electrons. The molecule has 0 bridgehead atoms. The van der Waals surface area contributed by atoms with Gasteiger partial charge in [-0.3, -0.25) is 14.9 Å². The summed E-state index contributed by atoms with van der Waals surface area (Å²) in [7, 11) is -3.59. The summed E-state index contributed by atoms with van der Waals surface area (Å²) >= 11 is 0. The highest BCUT2D eigenvalue weighted by atomic mass is 32.2. The van der Waals surface area contributed by atoms with Crippen LogP contribution in [0.25, 0.3) is 22.2 Å². The lowest BCUT2D eigenvalue weighted by molar-refractivity contribution is 0.0921. The molecule has 2 N–H and O–H groups in total. The zero-order valence-electron chi connectivity index (χ0n) is 17.8. The van der Waals surface area contributed by atoms with Crippen molar-refractivity contribution in [1.29, 1.82) is 0 Å². The van der Waals surface area contributed by atoms with Crippen molar-refractivity contribution in [2.24, 2.45) is 0 Å². The Hall–Kier alpha value is -3.56. The molecule has 1 aliphatic heterocycles. The molecule has 1 aliphatic rings. The molecule has 0 aliphatic carbocycles. The van der Waals surface area contributed by atoms with E-state index in [1.54, 1.807) is 48.8 Å². The molecular formula is C24H23N5O3S. The number of piperidine rings is 1. The fraction of sp³-hybridized carbons (Fsp3) is 0.208. The topological polar surface area (TPSA) is 108 Å². The van der Waals surface area contributed by atoms with Crippen molar-refractivity contribution in [3.8, 4) is 11.3 Å². The van der Waals surface area contributed by atoms with Gasteiger partial charge in [0.05, 0.1) is 10.4 Å². The Labute approximate surface area is 191 Å². The number of hydrogen-bond acceptors (Lipinski definition) is 5. The summed E-state index contributed by atoms with van der Waals surface area (Å²) in [4.78, 5) is 17.3. The number of sulfonamides is 1. The third-order valence-corrected chi connectivity index (χ3v) is 7.76. The number of aromatic nitrogens is 3.